The predicted octanol–water partition coefficient (Wildman–Crippen LogP) is 2.21. The second-order valence-corrected chi connectivity index (χ2v) is 5.58. The van der Waals surface area contributed by atoms with Crippen LogP contribution in [0.4, 0.5) is 0 Å². The number of halogens is 1. The average molecular weight is 313 g/mol. The van der Waals surface area contributed by atoms with Gasteiger partial charge in [0.1, 0.15) is 6.61 Å². The van der Waals surface area contributed by atoms with Gasteiger partial charge in [0.2, 0.25) is 5.91 Å². The molecule has 4 nitrogen and oxygen atoms in total. The van der Waals surface area contributed by atoms with Crippen LogP contribution in [-0.4, -0.2) is 36.5 Å². The molecule has 2 rings (SSSR count). The van der Waals surface area contributed by atoms with Gasteiger partial charge in [-0.1, -0.05) is 30.3 Å². The van der Waals surface area contributed by atoms with Gasteiger partial charge in [0.15, 0.2) is 0 Å². The number of carbonyl (C=O) groups is 1. The van der Waals surface area contributed by atoms with Crippen molar-refractivity contribution in [2.75, 3.05) is 19.7 Å². The fraction of sp³-hybridized carbons (Fsp3) is 0.562. The van der Waals surface area contributed by atoms with Crippen LogP contribution in [-0.2, 0) is 16.1 Å². The van der Waals surface area contributed by atoms with E-state index in [9.17, 15) is 4.79 Å². The van der Waals surface area contributed by atoms with Crippen LogP contribution < -0.4 is 5.73 Å². The molecule has 5 heteroatoms. The van der Waals surface area contributed by atoms with Gasteiger partial charge >= 0.3 is 0 Å². The van der Waals surface area contributed by atoms with E-state index in [1.807, 2.05) is 42.2 Å². The van der Waals surface area contributed by atoms with Crippen LogP contribution in [0.15, 0.2) is 30.3 Å². The lowest BCUT2D eigenvalue weighted by molar-refractivity contribution is -0.138. The molecule has 21 heavy (non-hydrogen) atoms. The maximum absolute atomic E-state index is 12.1. The van der Waals surface area contributed by atoms with E-state index in [-0.39, 0.29) is 31.0 Å². The van der Waals surface area contributed by atoms with Crippen LogP contribution in [0.2, 0.25) is 0 Å². The van der Waals surface area contributed by atoms with Gasteiger partial charge in [-0.25, -0.2) is 0 Å². The van der Waals surface area contributed by atoms with E-state index in [1.165, 1.54) is 0 Å². The monoisotopic (exact) mass is 312 g/mol. The molecule has 0 aliphatic carbocycles. The van der Waals surface area contributed by atoms with Gasteiger partial charge in [-0.2, -0.15) is 0 Å². The Kier molecular flexibility index (Phi) is 7.72. The number of hydrogen-bond donors (Lipinski definition) is 1. The Morgan fingerprint density at radius 2 is 2.14 bits per heavy atom. The summed E-state index contributed by atoms with van der Waals surface area (Å²) < 4.78 is 5.51. The summed E-state index contributed by atoms with van der Waals surface area (Å²) in [5.74, 6) is 0.494. The quantitative estimate of drug-likeness (QED) is 0.907. The van der Waals surface area contributed by atoms with Crippen LogP contribution in [0.1, 0.15) is 25.3 Å². The highest BCUT2D eigenvalue weighted by Crippen LogP contribution is 2.18. The predicted molar refractivity (Wildman–Crippen MR) is 86.3 cm³/mol. The maximum atomic E-state index is 12.1. The Morgan fingerprint density at radius 1 is 1.43 bits per heavy atom. The third-order valence-corrected chi connectivity index (χ3v) is 3.89. The average Bonchev–Trinajstić information content (AvgIpc) is 2.48. The van der Waals surface area contributed by atoms with Gasteiger partial charge in [-0.3, -0.25) is 4.79 Å². The highest BCUT2D eigenvalue weighted by Gasteiger charge is 2.25. The minimum atomic E-state index is 0. The summed E-state index contributed by atoms with van der Waals surface area (Å²) in [4.78, 5) is 14.0. The van der Waals surface area contributed by atoms with E-state index in [0.717, 1.165) is 31.5 Å². The highest BCUT2D eigenvalue weighted by atomic mass is 35.5. The van der Waals surface area contributed by atoms with Crippen molar-refractivity contribution in [2.45, 2.75) is 32.4 Å². The summed E-state index contributed by atoms with van der Waals surface area (Å²) in [6, 6.07) is 10.1. The molecule has 1 fully saturated rings. The SMILES string of the molecule is CC(N)C1CCCN(C(=O)COCc2ccccc2)C1.Cl. The number of piperidine rings is 1. The molecule has 118 valence electrons. The molecule has 1 aliphatic heterocycles. The van der Waals surface area contributed by atoms with Gasteiger partial charge in [-0.15, -0.1) is 12.4 Å². The van der Waals surface area contributed by atoms with E-state index in [2.05, 4.69) is 0 Å². The molecule has 1 aromatic carbocycles. The Hall–Kier alpha value is -1.10. The summed E-state index contributed by atoms with van der Waals surface area (Å²) in [6.45, 7) is 4.25. The molecule has 1 amide bonds. The minimum Gasteiger partial charge on any atom is -0.367 e. The van der Waals surface area contributed by atoms with Crippen molar-refractivity contribution in [3.05, 3.63) is 35.9 Å². The first-order chi connectivity index (χ1) is 9.66. The largest absolute Gasteiger partial charge is 0.367 e. The first kappa shape index (κ1) is 18.0. The second kappa shape index (κ2) is 9.03. The molecular weight excluding hydrogens is 288 g/mol. The zero-order valence-electron chi connectivity index (χ0n) is 12.5. The second-order valence-electron chi connectivity index (χ2n) is 5.58. The summed E-state index contributed by atoms with van der Waals surface area (Å²) in [6.07, 6.45) is 2.16. The molecule has 1 heterocycles. The molecule has 0 radical (unpaired) electrons. The van der Waals surface area contributed by atoms with Crippen LogP contribution in [0, 0.1) is 5.92 Å². The van der Waals surface area contributed by atoms with Crippen molar-refractivity contribution in [2.24, 2.45) is 11.7 Å². The Labute approximate surface area is 133 Å². The van der Waals surface area contributed by atoms with Gasteiger partial charge in [0, 0.05) is 19.1 Å². The molecule has 0 spiro atoms. The molecule has 2 atom stereocenters. The number of nitrogens with two attached hydrogens (primary N) is 1. The third-order valence-electron chi connectivity index (χ3n) is 3.89. The van der Waals surface area contributed by atoms with E-state index in [0.29, 0.717) is 12.5 Å². The molecular formula is C16H25ClN2O2. The molecule has 1 aromatic rings. The Bertz CT molecular complexity index is 426. The smallest absolute Gasteiger partial charge is 0.248 e. The van der Waals surface area contributed by atoms with E-state index in [1.54, 1.807) is 0 Å². The number of ether oxygens (including phenoxy) is 1. The molecule has 2 N–H and O–H groups in total. The molecule has 1 aliphatic rings. The third kappa shape index (κ3) is 5.65. The summed E-state index contributed by atoms with van der Waals surface area (Å²) in [5.41, 5.74) is 7.03. The summed E-state index contributed by atoms with van der Waals surface area (Å²) >= 11 is 0. The fourth-order valence-corrected chi connectivity index (χ4v) is 2.59. The van der Waals surface area contributed by atoms with Gasteiger partial charge < -0.3 is 15.4 Å². The van der Waals surface area contributed by atoms with Gasteiger partial charge in [0.25, 0.3) is 0 Å². The van der Waals surface area contributed by atoms with Crippen LogP contribution in [0.3, 0.4) is 0 Å². The van der Waals surface area contributed by atoms with E-state index in [4.69, 9.17) is 10.5 Å². The summed E-state index contributed by atoms with van der Waals surface area (Å²) in [7, 11) is 0. The van der Waals surface area contributed by atoms with Crippen molar-refractivity contribution in [1.82, 2.24) is 4.90 Å². The zero-order valence-corrected chi connectivity index (χ0v) is 13.3. The number of amides is 1. The fourth-order valence-electron chi connectivity index (χ4n) is 2.59. The van der Waals surface area contributed by atoms with Crippen molar-refractivity contribution in [3.63, 3.8) is 0 Å². The Morgan fingerprint density at radius 3 is 2.81 bits per heavy atom. The van der Waals surface area contributed by atoms with Crippen LogP contribution in [0.5, 0.6) is 0 Å². The number of hydrogen-bond acceptors (Lipinski definition) is 3. The zero-order chi connectivity index (χ0) is 14.4. The summed E-state index contributed by atoms with van der Waals surface area (Å²) in [5, 5.41) is 0. The normalized spacial score (nSPS) is 19.7. The molecule has 0 saturated carbocycles. The number of nitrogens with zero attached hydrogens (tertiary/aromatic N) is 1. The minimum absolute atomic E-state index is 0. The van der Waals surface area contributed by atoms with Crippen LogP contribution >= 0.6 is 12.4 Å². The van der Waals surface area contributed by atoms with E-state index < -0.39 is 0 Å². The first-order valence-corrected chi connectivity index (χ1v) is 7.32. The molecule has 0 aromatic heterocycles. The highest BCUT2D eigenvalue weighted by molar-refractivity contribution is 5.85. The van der Waals surface area contributed by atoms with Gasteiger partial charge in [0.05, 0.1) is 6.61 Å². The molecule has 1 saturated heterocycles. The lowest BCUT2D eigenvalue weighted by atomic mass is 9.92. The number of benzene rings is 1. The van der Waals surface area contributed by atoms with Crippen molar-refractivity contribution in [3.8, 4) is 0 Å². The molecule has 2 unspecified atom stereocenters. The number of rotatable bonds is 5. The maximum Gasteiger partial charge on any atom is 0.248 e. The van der Waals surface area contributed by atoms with E-state index >= 15 is 0 Å². The van der Waals surface area contributed by atoms with Crippen LogP contribution in [0.25, 0.3) is 0 Å². The Balaban J connectivity index is 0.00000220. The van der Waals surface area contributed by atoms with Crippen molar-refractivity contribution in [1.29, 1.82) is 0 Å². The van der Waals surface area contributed by atoms with Gasteiger partial charge in [-0.05, 0) is 31.2 Å². The van der Waals surface area contributed by atoms with Crippen molar-refractivity contribution < 1.29 is 9.53 Å². The molecule has 0 bridgehead atoms. The number of likely N-dealkylation sites (tertiary alicyclic amines) is 1. The standard InChI is InChI=1S/C16H24N2O2.ClH/c1-13(17)15-8-5-9-18(10-15)16(19)12-20-11-14-6-3-2-4-7-14;/h2-4,6-7,13,15H,5,8-12,17H2,1H3;1H. The lowest BCUT2D eigenvalue weighted by Gasteiger charge is -2.34. The topological polar surface area (TPSA) is 55.6 Å². The number of carbonyl (C=O) groups excluding carboxylic acids is 1. The van der Waals surface area contributed by atoms with Crippen molar-refractivity contribution >= 4 is 18.3 Å². The lowest BCUT2D eigenvalue weighted by Crippen LogP contribution is -2.46. The first-order valence-electron chi connectivity index (χ1n) is 7.32.